The molecule has 0 spiro atoms. The average Bonchev–Trinajstić information content (AvgIpc) is 2.36. The number of carboxylic acid groups (broad SMARTS) is 1. The van der Waals surface area contributed by atoms with Crippen molar-refractivity contribution < 1.29 is 19.4 Å². The van der Waals surface area contributed by atoms with Crippen LogP contribution in [0.1, 0.15) is 45.1 Å². The van der Waals surface area contributed by atoms with E-state index >= 15 is 0 Å². The first kappa shape index (κ1) is 17.6. The molecule has 1 atom stereocenters. The Balaban J connectivity index is 2.75. The Morgan fingerprint density at radius 1 is 1.32 bits per heavy atom. The van der Waals surface area contributed by atoms with Crippen molar-refractivity contribution in [1.29, 1.82) is 0 Å². The van der Waals surface area contributed by atoms with Crippen molar-refractivity contribution in [2.45, 2.75) is 45.1 Å². The van der Waals surface area contributed by atoms with E-state index in [-0.39, 0.29) is 12.3 Å². The molecule has 118 valence electrons. The van der Waals surface area contributed by atoms with Gasteiger partial charge in [0.1, 0.15) is 5.60 Å². The summed E-state index contributed by atoms with van der Waals surface area (Å²) in [6, 6.07) is 6.92. The van der Waals surface area contributed by atoms with Gasteiger partial charge in [-0.2, -0.15) is 0 Å². The number of rotatable bonds is 5. The van der Waals surface area contributed by atoms with Gasteiger partial charge in [-0.1, -0.05) is 12.1 Å². The summed E-state index contributed by atoms with van der Waals surface area (Å²) in [4.78, 5) is 22.5. The summed E-state index contributed by atoms with van der Waals surface area (Å²) >= 11 is 0. The number of aliphatic carboxylic acids is 1. The number of nitrogens with one attached hydrogen (secondary N) is 1. The molecule has 5 heteroatoms. The third-order valence-electron chi connectivity index (χ3n) is 2.81. The lowest BCUT2D eigenvalue weighted by atomic mass is 9.93. The van der Waals surface area contributed by atoms with Crippen LogP contribution >= 0.6 is 0 Å². The molecule has 0 aliphatic heterocycles. The van der Waals surface area contributed by atoms with E-state index in [0.717, 1.165) is 5.56 Å². The van der Waals surface area contributed by atoms with Gasteiger partial charge in [-0.3, -0.25) is 10.1 Å². The van der Waals surface area contributed by atoms with Crippen molar-refractivity contribution in [3.63, 3.8) is 0 Å². The molecule has 1 aromatic rings. The highest BCUT2D eigenvalue weighted by Gasteiger charge is 2.17. The number of anilines is 1. The van der Waals surface area contributed by atoms with Gasteiger partial charge in [0.05, 0.1) is 6.42 Å². The number of benzene rings is 1. The normalized spacial score (nSPS) is 12.1. The van der Waals surface area contributed by atoms with E-state index in [4.69, 9.17) is 16.3 Å². The number of terminal acetylenes is 1. The average molecular weight is 303 g/mol. The van der Waals surface area contributed by atoms with Crippen LogP contribution in [0, 0.1) is 12.3 Å². The third-order valence-corrected chi connectivity index (χ3v) is 2.81. The van der Waals surface area contributed by atoms with Gasteiger partial charge in [0.25, 0.3) is 0 Å². The zero-order valence-corrected chi connectivity index (χ0v) is 13.1. The SMILES string of the molecule is C#CC[C@@H](CC(=O)O)c1ccc(NC(=O)OC(C)(C)C)cc1. The molecule has 22 heavy (non-hydrogen) atoms. The second kappa shape index (κ2) is 7.51. The van der Waals surface area contributed by atoms with Gasteiger partial charge in [0.15, 0.2) is 0 Å². The molecule has 0 unspecified atom stereocenters. The molecule has 0 saturated heterocycles. The van der Waals surface area contributed by atoms with E-state index in [9.17, 15) is 9.59 Å². The highest BCUT2D eigenvalue weighted by atomic mass is 16.6. The van der Waals surface area contributed by atoms with Crippen LogP contribution < -0.4 is 5.32 Å². The van der Waals surface area contributed by atoms with Gasteiger partial charge in [-0.25, -0.2) is 4.79 Å². The van der Waals surface area contributed by atoms with Crippen molar-refractivity contribution in [2.75, 3.05) is 5.32 Å². The van der Waals surface area contributed by atoms with Crippen molar-refractivity contribution in [3.8, 4) is 12.3 Å². The van der Waals surface area contributed by atoms with E-state index < -0.39 is 17.7 Å². The van der Waals surface area contributed by atoms with Crippen LogP contribution in [0.2, 0.25) is 0 Å². The van der Waals surface area contributed by atoms with Crippen molar-refractivity contribution >= 4 is 17.7 Å². The summed E-state index contributed by atoms with van der Waals surface area (Å²) < 4.78 is 5.16. The third kappa shape index (κ3) is 6.31. The first-order valence-electron chi connectivity index (χ1n) is 6.96. The van der Waals surface area contributed by atoms with Crippen LogP contribution in [0.3, 0.4) is 0 Å². The molecule has 0 radical (unpaired) electrons. The number of hydrogen-bond acceptors (Lipinski definition) is 3. The lowest BCUT2D eigenvalue weighted by Gasteiger charge is -2.20. The van der Waals surface area contributed by atoms with Gasteiger partial charge in [0, 0.05) is 18.0 Å². The van der Waals surface area contributed by atoms with Crippen LogP contribution in [0.25, 0.3) is 0 Å². The molecule has 0 aromatic heterocycles. The molecular formula is C17H21NO4. The van der Waals surface area contributed by atoms with Crippen LogP contribution in [0.5, 0.6) is 0 Å². The maximum absolute atomic E-state index is 11.7. The number of carboxylic acids is 1. The van der Waals surface area contributed by atoms with E-state index in [2.05, 4.69) is 11.2 Å². The molecule has 0 saturated carbocycles. The minimum absolute atomic E-state index is 0.0248. The zero-order chi connectivity index (χ0) is 16.8. The van der Waals surface area contributed by atoms with Crippen LogP contribution in [-0.4, -0.2) is 22.8 Å². The first-order valence-corrected chi connectivity index (χ1v) is 6.96. The molecule has 1 aromatic carbocycles. The predicted octanol–water partition coefficient (Wildman–Crippen LogP) is 3.62. The molecule has 1 rings (SSSR count). The molecule has 0 heterocycles. The molecular weight excluding hydrogens is 282 g/mol. The Morgan fingerprint density at radius 2 is 1.91 bits per heavy atom. The van der Waals surface area contributed by atoms with Gasteiger partial charge in [-0.15, -0.1) is 12.3 Å². The fourth-order valence-corrected chi connectivity index (χ4v) is 1.92. The molecule has 0 bridgehead atoms. The smallest absolute Gasteiger partial charge is 0.412 e. The van der Waals surface area contributed by atoms with Crippen molar-refractivity contribution in [1.82, 2.24) is 0 Å². The second-order valence-corrected chi connectivity index (χ2v) is 5.95. The highest BCUT2D eigenvalue weighted by Crippen LogP contribution is 2.24. The van der Waals surface area contributed by atoms with Gasteiger partial charge in [0.2, 0.25) is 0 Å². The number of carbonyl (C=O) groups excluding carboxylic acids is 1. The lowest BCUT2D eigenvalue weighted by Crippen LogP contribution is -2.27. The summed E-state index contributed by atoms with van der Waals surface area (Å²) in [7, 11) is 0. The Kier molecular flexibility index (Phi) is 6.00. The van der Waals surface area contributed by atoms with E-state index in [1.807, 2.05) is 0 Å². The molecule has 0 aliphatic carbocycles. The molecule has 5 nitrogen and oxygen atoms in total. The fraction of sp³-hybridized carbons (Fsp3) is 0.412. The van der Waals surface area contributed by atoms with Gasteiger partial charge >= 0.3 is 12.1 Å². The van der Waals surface area contributed by atoms with Gasteiger partial charge in [-0.05, 0) is 38.5 Å². The Labute approximate surface area is 130 Å². The maximum Gasteiger partial charge on any atom is 0.412 e. The number of carbonyl (C=O) groups is 2. The Hall–Kier alpha value is -2.48. The summed E-state index contributed by atoms with van der Waals surface area (Å²) in [5.74, 6) is 1.36. The molecule has 2 N–H and O–H groups in total. The quantitative estimate of drug-likeness (QED) is 0.815. The standard InChI is InChI=1S/C17H21NO4/c1-5-6-13(11-15(19)20)12-7-9-14(10-8-12)18-16(21)22-17(2,3)4/h1,7-10,13H,6,11H2,2-4H3,(H,18,21)(H,19,20)/t13-/m0/s1. The Bertz CT molecular complexity index is 564. The molecule has 1 amide bonds. The van der Waals surface area contributed by atoms with Crippen molar-refractivity contribution in [2.24, 2.45) is 0 Å². The number of hydrogen-bond donors (Lipinski definition) is 2. The second-order valence-electron chi connectivity index (χ2n) is 5.95. The monoisotopic (exact) mass is 303 g/mol. The van der Waals surface area contributed by atoms with E-state index in [1.165, 1.54) is 0 Å². The summed E-state index contributed by atoms with van der Waals surface area (Å²) in [6.45, 7) is 5.35. The van der Waals surface area contributed by atoms with E-state index in [1.54, 1.807) is 45.0 Å². The topological polar surface area (TPSA) is 75.6 Å². The fourth-order valence-electron chi connectivity index (χ4n) is 1.92. The number of amides is 1. The summed E-state index contributed by atoms with van der Waals surface area (Å²) in [5, 5.41) is 11.5. The summed E-state index contributed by atoms with van der Waals surface area (Å²) in [6.07, 6.45) is 5.07. The minimum atomic E-state index is -0.892. The van der Waals surface area contributed by atoms with Crippen LogP contribution in [0.4, 0.5) is 10.5 Å². The predicted molar refractivity (Wildman–Crippen MR) is 84.7 cm³/mol. The largest absolute Gasteiger partial charge is 0.481 e. The van der Waals surface area contributed by atoms with Crippen LogP contribution in [-0.2, 0) is 9.53 Å². The van der Waals surface area contributed by atoms with Crippen LogP contribution in [0.15, 0.2) is 24.3 Å². The zero-order valence-electron chi connectivity index (χ0n) is 13.1. The Morgan fingerprint density at radius 3 is 2.36 bits per heavy atom. The van der Waals surface area contributed by atoms with Crippen molar-refractivity contribution in [3.05, 3.63) is 29.8 Å². The van der Waals surface area contributed by atoms with Gasteiger partial charge < -0.3 is 9.84 Å². The molecule has 0 aliphatic rings. The maximum atomic E-state index is 11.7. The molecule has 0 fully saturated rings. The first-order chi connectivity index (χ1) is 10.2. The number of ether oxygens (including phenoxy) is 1. The summed E-state index contributed by atoms with van der Waals surface area (Å²) in [5.41, 5.74) is 0.839. The van der Waals surface area contributed by atoms with E-state index in [0.29, 0.717) is 12.1 Å². The highest BCUT2D eigenvalue weighted by molar-refractivity contribution is 5.84. The minimum Gasteiger partial charge on any atom is -0.481 e. The lowest BCUT2D eigenvalue weighted by molar-refractivity contribution is -0.137.